The fourth-order valence-corrected chi connectivity index (χ4v) is 1.34. The molecular weight excluding hydrogens is 204 g/mol. The van der Waals surface area contributed by atoms with Crippen molar-refractivity contribution in [3.63, 3.8) is 0 Å². The van der Waals surface area contributed by atoms with Crippen LogP contribution in [0.1, 0.15) is 11.7 Å². The summed E-state index contributed by atoms with van der Waals surface area (Å²) in [5.74, 6) is -0.435. The molecule has 0 aliphatic heterocycles. The molecule has 0 saturated carbocycles. The second kappa shape index (κ2) is 4.98. The van der Waals surface area contributed by atoms with Gasteiger partial charge in [0.25, 0.3) is 0 Å². The normalized spacial score (nSPS) is 12.2. The molecular formula is C10H11ClO3. The number of carbonyl (C=O) groups is 1. The Morgan fingerprint density at radius 2 is 2.14 bits per heavy atom. The minimum atomic E-state index is -0.710. The topological polar surface area (TPSA) is 35.5 Å². The molecule has 3 nitrogen and oxygen atoms in total. The van der Waals surface area contributed by atoms with Crippen LogP contribution in [0.4, 0.5) is 0 Å². The highest BCUT2D eigenvalue weighted by Crippen LogP contribution is 2.21. The van der Waals surface area contributed by atoms with Gasteiger partial charge in [-0.15, -0.1) is 0 Å². The van der Waals surface area contributed by atoms with Crippen molar-refractivity contribution in [3.8, 4) is 0 Å². The molecule has 0 fully saturated rings. The fourth-order valence-electron chi connectivity index (χ4n) is 1.15. The van der Waals surface area contributed by atoms with Crippen LogP contribution in [0.15, 0.2) is 24.3 Å². The van der Waals surface area contributed by atoms with E-state index < -0.39 is 12.1 Å². The summed E-state index contributed by atoms with van der Waals surface area (Å²) in [6.45, 7) is 0. The van der Waals surface area contributed by atoms with E-state index in [1.54, 1.807) is 24.3 Å². The third-order valence-corrected chi connectivity index (χ3v) is 2.04. The summed E-state index contributed by atoms with van der Waals surface area (Å²) in [6.07, 6.45) is -0.710. The molecule has 1 rings (SSSR count). The van der Waals surface area contributed by atoms with Gasteiger partial charge in [-0.1, -0.05) is 23.7 Å². The molecule has 0 aliphatic rings. The van der Waals surface area contributed by atoms with Crippen LogP contribution in [0.25, 0.3) is 0 Å². The zero-order valence-corrected chi connectivity index (χ0v) is 8.75. The van der Waals surface area contributed by atoms with Gasteiger partial charge in [0.15, 0.2) is 6.10 Å². The predicted molar refractivity (Wildman–Crippen MR) is 53.2 cm³/mol. The zero-order valence-electron chi connectivity index (χ0n) is 7.99. The first-order chi connectivity index (χ1) is 6.69. The van der Waals surface area contributed by atoms with Crippen molar-refractivity contribution in [1.29, 1.82) is 0 Å². The summed E-state index contributed by atoms with van der Waals surface area (Å²) in [6, 6.07) is 6.92. The molecule has 76 valence electrons. The maximum absolute atomic E-state index is 11.3. The molecule has 0 bridgehead atoms. The fraction of sp³-hybridized carbons (Fsp3) is 0.300. The van der Waals surface area contributed by atoms with Crippen molar-refractivity contribution < 1.29 is 14.3 Å². The molecule has 0 spiro atoms. The molecule has 0 saturated heterocycles. The lowest BCUT2D eigenvalue weighted by molar-refractivity contribution is -0.152. The van der Waals surface area contributed by atoms with E-state index in [9.17, 15) is 4.79 Å². The molecule has 0 aliphatic carbocycles. The third kappa shape index (κ3) is 2.47. The van der Waals surface area contributed by atoms with Crippen molar-refractivity contribution in [2.24, 2.45) is 0 Å². The lowest BCUT2D eigenvalue weighted by atomic mass is 10.1. The average molecular weight is 215 g/mol. The quantitative estimate of drug-likeness (QED) is 0.724. The Hall–Kier alpha value is -1.06. The van der Waals surface area contributed by atoms with Gasteiger partial charge in [0, 0.05) is 12.1 Å². The number of methoxy groups -OCH3 is 2. The van der Waals surface area contributed by atoms with Crippen LogP contribution in [0.2, 0.25) is 5.02 Å². The first kappa shape index (κ1) is 11.0. The summed E-state index contributed by atoms with van der Waals surface area (Å²) in [4.78, 5) is 11.3. The molecule has 1 aromatic carbocycles. The molecule has 0 heterocycles. The van der Waals surface area contributed by atoms with E-state index >= 15 is 0 Å². The molecule has 1 atom stereocenters. The number of hydrogen-bond acceptors (Lipinski definition) is 3. The highest BCUT2D eigenvalue weighted by Gasteiger charge is 2.20. The Morgan fingerprint density at radius 3 is 2.64 bits per heavy atom. The number of esters is 1. The predicted octanol–water partition coefficient (Wildman–Crippen LogP) is 2.20. The van der Waals surface area contributed by atoms with Crippen molar-refractivity contribution >= 4 is 17.6 Å². The van der Waals surface area contributed by atoms with Gasteiger partial charge >= 0.3 is 5.97 Å². The number of halogens is 1. The minimum Gasteiger partial charge on any atom is -0.467 e. The Balaban J connectivity index is 2.94. The highest BCUT2D eigenvalue weighted by atomic mass is 35.5. The van der Waals surface area contributed by atoms with Gasteiger partial charge in [0.2, 0.25) is 0 Å². The van der Waals surface area contributed by atoms with E-state index in [2.05, 4.69) is 4.74 Å². The van der Waals surface area contributed by atoms with E-state index in [1.807, 2.05) is 0 Å². The number of hydrogen-bond donors (Lipinski definition) is 0. The van der Waals surface area contributed by atoms with E-state index in [0.29, 0.717) is 10.6 Å². The third-order valence-electron chi connectivity index (χ3n) is 1.80. The zero-order chi connectivity index (χ0) is 10.6. The lowest BCUT2D eigenvalue weighted by Gasteiger charge is -2.12. The van der Waals surface area contributed by atoms with Gasteiger partial charge in [0.1, 0.15) is 0 Å². The average Bonchev–Trinajstić information content (AvgIpc) is 2.19. The van der Waals surface area contributed by atoms with Gasteiger partial charge in [0.05, 0.1) is 7.11 Å². The molecule has 1 aromatic rings. The number of benzene rings is 1. The van der Waals surface area contributed by atoms with Crippen LogP contribution >= 0.6 is 11.6 Å². The maximum Gasteiger partial charge on any atom is 0.339 e. The molecule has 0 N–H and O–H groups in total. The Morgan fingerprint density at radius 1 is 1.43 bits per heavy atom. The van der Waals surface area contributed by atoms with Crippen molar-refractivity contribution in [1.82, 2.24) is 0 Å². The SMILES string of the molecule is COC(=O)C(OC)c1cccc(Cl)c1. The monoisotopic (exact) mass is 214 g/mol. The number of ether oxygens (including phenoxy) is 2. The van der Waals surface area contributed by atoms with Crippen LogP contribution in [0.5, 0.6) is 0 Å². The maximum atomic E-state index is 11.3. The first-order valence-electron chi connectivity index (χ1n) is 4.05. The highest BCUT2D eigenvalue weighted by molar-refractivity contribution is 6.30. The van der Waals surface area contributed by atoms with Gasteiger partial charge in [-0.3, -0.25) is 0 Å². The second-order valence-electron chi connectivity index (χ2n) is 2.69. The van der Waals surface area contributed by atoms with E-state index in [1.165, 1.54) is 14.2 Å². The van der Waals surface area contributed by atoms with Crippen molar-refractivity contribution in [2.45, 2.75) is 6.10 Å². The standard InChI is InChI=1S/C10H11ClO3/c1-13-9(10(12)14-2)7-4-3-5-8(11)6-7/h3-6,9H,1-2H3. The molecule has 0 radical (unpaired) electrons. The van der Waals surface area contributed by atoms with E-state index in [4.69, 9.17) is 16.3 Å². The summed E-state index contributed by atoms with van der Waals surface area (Å²) in [5, 5.41) is 0.563. The van der Waals surface area contributed by atoms with Crippen molar-refractivity contribution in [3.05, 3.63) is 34.9 Å². The van der Waals surface area contributed by atoms with Gasteiger partial charge < -0.3 is 9.47 Å². The summed E-state index contributed by atoms with van der Waals surface area (Å²) in [7, 11) is 2.77. The Labute approximate surface area is 87.6 Å². The van der Waals surface area contributed by atoms with Crippen LogP contribution < -0.4 is 0 Å². The van der Waals surface area contributed by atoms with Crippen LogP contribution in [0, 0.1) is 0 Å². The van der Waals surface area contributed by atoms with E-state index in [-0.39, 0.29) is 0 Å². The van der Waals surface area contributed by atoms with E-state index in [0.717, 1.165) is 0 Å². The van der Waals surface area contributed by atoms with Crippen LogP contribution in [0.3, 0.4) is 0 Å². The molecule has 4 heteroatoms. The van der Waals surface area contributed by atoms with Crippen LogP contribution in [-0.2, 0) is 14.3 Å². The largest absolute Gasteiger partial charge is 0.467 e. The smallest absolute Gasteiger partial charge is 0.339 e. The molecule has 0 amide bonds. The molecule has 1 unspecified atom stereocenters. The second-order valence-corrected chi connectivity index (χ2v) is 3.13. The summed E-state index contributed by atoms with van der Waals surface area (Å²) >= 11 is 5.79. The van der Waals surface area contributed by atoms with Gasteiger partial charge in [-0.25, -0.2) is 4.79 Å². The molecule has 14 heavy (non-hydrogen) atoms. The first-order valence-corrected chi connectivity index (χ1v) is 4.43. The van der Waals surface area contributed by atoms with Gasteiger partial charge in [-0.05, 0) is 17.7 Å². The Bertz CT molecular complexity index is 325. The minimum absolute atomic E-state index is 0.435. The Kier molecular flexibility index (Phi) is 3.92. The van der Waals surface area contributed by atoms with Gasteiger partial charge in [-0.2, -0.15) is 0 Å². The lowest BCUT2D eigenvalue weighted by Crippen LogP contribution is -2.15. The van der Waals surface area contributed by atoms with Crippen molar-refractivity contribution in [2.75, 3.05) is 14.2 Å². The number of carbonyl (C=O) groups excluding carboxylic acids is 1. The van der Waals surface area contributed by atoms with Crippen LogP contribution in [-0.4, -0.2) is 20.2 Å². The summed E-state index contributed by atoms with van der Waals surface area (Å²) in [5.41, 5.74) is 0.687. The summed E-state index contributed by atoms with van der Waals surface area (Å²) < 4.78 is 9.60. The molecule has 0 aromatic heterocycles. The number of rotatable bonds is 3.